The van der Waals surface area contributed by atoms with Crippen molar-refractivity contribution in [2.24, 2.45) is 5.14 Å². The van der Waals surface area contributed by atoms with E-state index in [1.54, 1.807) is 0 Å². The Labute approximate surface area is 73.5 Å². The molecule has 1 atom stereocenters. The van der Waals surface area contributed by atoms with E-state index >= 15 is 0 Å². The summed E-state index contributed by atoms with van der Waals surface area (Å²) in [5, 5.41) is 4.14. The van der Waals surface area contributed by atoms with E-state index in [-0.39, 0.29) is 0 Å². The maximum atomic E-state index is 12.6. The van der Waals surface area contributed by atoms with E-state index in [0.717, 1.165) is 14.1 Å². The summed E-state index contributed by atoms with van der Waals surface area (Å²) in [6.07, 6.45) is -7.37. The van der Waals surface area contributed by atoms with Gasteiger partial charge in [0.15, 0.2) is 0 Å². The summed E-state index contributed by atoms with van der Waals surface area (Å²) < 4.78 is 60.7. The van der Waals surface area contributed by atoms with Gasteiger partial charge in [-0.05, 0) is 14.1 Å². The van der Waals surface area contributed by atoms with Gasteiger partial charge in [-0.15, -0.1) is 0 Å². The first kappa shape index (κ1) is 12.6. The van der Waals surface area contributed by atoms with Crippen molar-refractivity contribution < 1.29 is 25.8 Å². The smallest absolute Gasteiger partial charge is 0.273 e. The predicted octanol–water partition coefficient (Wildman–Crippen LogP) is -0.343. The Hall–Kier alpha value is -0.380. The van der Waals surface area contributed by atoms with Crippen LogP contribution < -0.4 is 5.14 Å². The molecule has 13 heavy (non-hydrogen) atoms. The maximum Gasteiger partial charge on any atom is 0.414 e. The van der Waals surface area contributed by atoms with Crippen LogP contribution in [0.5, 0.6) is 0 Å². The standard InChI is InChI=1S/C4H9F3N2O3S/c1-9(2)3(5)4(6,7)12-13(8,10)11/h3H,1-2H3,(H2,8,10,11). The van der Waals surface area contributed by atoms with Gasteiger partial charge >= 0.3 is 16.4 Å². The van der Waals surface area contributed by atoms with Crippen molar-refractivity contribution in [2.75, 3.05) is 14.1 Å². The molecule has 0 bridgehead atoms. The van der Waals surface area contributed by atoms with Crippen molar-refractivity contribution in [3.8, 4) is 0 Å². The largest absolute Gasteiger partial charge is 0.414 e. The Balaban J connectivity index is 4.58. The molecule has 0 heterocycles. The number of alkyl halides is 3. The van der Waals surface area contributed by atoms with Crippen molar-refractivity contribution in [1.29, 1.82) is 0 Å². The number of hydrogen-bond acceptors (Lipinski definition) is 4. The van der Waals surface area contributed by atoms with E-state index in [1.807, 2.05) is 0 Å². The van der Waals surface area contributed by atoms with Gasteiger partial charge in [0.25, 0.3) is 0 Å². The summed E-state index contributed by atoms with van der Waals surface area (Å²) >= 11 is 0. The number of halogens is 3. The van der Waals surface area contributed by atoms with E-state index in [1.165, 1.54) is 0 Å². The monoisotopic (exact) mass is 222 g/mol. The van der Waals surface area contributed by atoms with Crippen molar-refractivity contribution in [3.05, 3.63) is 0 Å². The molecule has 0 saturated carbocycles. The second kappa shape index (κ2) is 3.78. The van der Waals surface area contributed by atoms with Gasteiger partial charge in [0.1, 0.15) is 0 Å². The molecule has 0 aromatic carbocycles. The van der Waals surface area contributed by atoms with E-state index < -0.39 is 22.7 Å². The van der Waals surface area contributed by atoms with Crippen LogP contribution in [0.3, 0.4) is 0 Å². The minimum Gasteiger partial charge on any atom is -0.273 e. The van der Waals surface area contributed by atoms with Crippen molar-refractivity contribution in [3.63, 3.8) is 0 Å². The third-order valence-corrected chi connectivity index (χ3v) is 1.41. The molecule has 0 aliphatic carbocycles. The van der Waals surface area contributed by atoms with Crippen LogP contribution in [0.4, 0.5) is 13.2 Å². The molecule has 5 nitrogen and oxygen atoms in total. The second-order valence-electron chi connectivity index (χ2n) is 2.44. The van der Waals surface area contributed by atoms with Crippen molar-refractivity contribution in [1.82, 2.24) is 4.90 Å². The Morgan fingerprint density at radius 2 is 1.85 bits per heavy atom. The third-order valence-electron chi connectivity index (χ3n) is 0.958. The van der Waals surface area contributed by atoms with Gasteiger partial charge < -0.3 is 0 Å². The van der Waals surface area contributed by atoms with Crippen LogP contribution in [0.2, 0.25) is 0 Å². The predicted molar refractivity (Wildman–Crippen MR) is 37.7 cm³/mol. The molecule has 0 aliphatic heterocycles. The molecule has 0 rings (SSSR count). The van der Waals surface area contributed by atoms with Gasteiger partial charge in [0.05, 0.1) is 0 Å². The molecule has 1 unspecified atom stereocenters. The summed E-state index contributed by atoms with van der Waals surface area (Å²) in [4.78, 5) is 0.450. The molecule has 0 aliphatic rings. The van der Waals surface area contributed by atoms with Crippen LogP contribution in [-0.4, -0.2) is 39.8 Å². The lowest BCUT2D eigenvalue weighted by Gasteiger charge is -2.23. The molecule has 80 valence electrons. The highest BCUT2D eigenvalue weighted by Crippen LogP contribution is 2.25. The molecule has 2 N–H and O–H groups in total. The number of hydrogen-bond donors (Lipinski definition) is 1. The number of nitrogens with zero attached hydrogens (tertiary/aromatic N) is 1. The first-order valence-electron chi connectivity index (χ1n) is 2.98. The van der Waals surface area contributed by atoms with Gasteiger partial charge in [-0.2, -0.15) is 21.4 Å². The van der Waals surface area contributed by atoms with Crippen LogP contribution in [0.15, 0.2) is 0 Å². The second-order valence-corrected chi connectivity index (χ2v) is 3.59. The molecule has 0 spiro atoms. The first-order chi connectivity index (χ1) is 5.56. The van der Waals surface area contributed by atoms with Gasteiger partial charge in [-0.25, -0.2) is 9.53 Å². The Morgan fingerprint density at radius 1 is 1.46 bits per heavy atom. The van der Waals surface area contributed by atoms with E-state index in [2.05, 4.69) is 9.32 Å². The van der Waals surface area contributed by atoms with Gasteiger partial charge in [-0.3, -0.25) is 4.90 Å². The molecular weight excluding hydrogens is 213 g/mol. The van der Waals surface area contributed by atoms with Crippen LogP contribution in [0, 0.1) is 0 Å². The topological polar surface area (TPSA) is 72.6 Å². The summed E-state index contributed by atoms with van der Waals surface area (Å²) in [7, 11) is -2.89. The minimum atomic E-state index is -4.88. The minimum absolute atomic E-state index is 0.450. The van der Waals surface area contributed by atoms with E-state index in [0.29, 0.717) is 4.90 Å². The highest BCUT2D eigenvalue weighted by atomic mass is 32.2. The summed E-state index contributed by atoms with van der Waals surface area (Å²) in [5.41, 5.74) is 0. The van der Waals surface area contributed by atoms with Crippen LogP contribution in [0.25, 0.3) is 0 Å². The lowest BCUT2D eigenvalue weighted by atomic mass is 10.5. The van der Waals surface area contributed by atoms with Gasteiger partial charge in [0.2, 0.25) is 6.30 Å². The molecule has 0 radical (unpaired) electrons. The van der Waals surface area contributed by atoms with E-state index in [4.69, 9.17) is 0 Å². The van der Waals surface area contributed by atoms with Crippen LogP contribution in [-0.2, 0) is 14.5 Å². The lowest BCUT2D eigenvalue weighted by molar-refractivity contribution is -0.246. The van der Waals surface area contributed by atoms with E-state index in [9.17, 15) is 21.6 Å². The Bertz CT molecular complexity index is 266. The summed E-state index contributed by atoms with van der Waals surface area (Å²) in [5.74, 6) is 0. The van der Waals surface area contributed by atoms with Crippen LogP contribution >= 0.6 is 0 Å². The first-order valence-corrected chi connectivity index (χ1v) is 4.45. The molecule has 0 fully saturated rings. The lowest BCUT2D eigenvalue weighted by Crippen LogP contribution is -2.45. The number of nitrogens with two attached hydrogens (primary N) is 1. The quantitative estimate of drug-likeness (QED) is 0.660. The maximum absolute atomic E-state index is 12.6. The molecule has 0 aromatic rings. The average Bonchev–Trinajstić information content (AvgIpc) is 1.80. The number of likely N-dealkylation sites (N-methyl/N-ethyl adjacent to an activating group) is 1. The molecule has 0 amide bonds. The third kappa shape index (κ3) is 4.41. The summed E-state index contributed by atoms with van der Waals surface area (Å²) in [6.45, 7) is 0. The zero-order valence-corrected chi connectivity index (χ0v) is 7.69. The normalized spacial score (nSPS) is 16.2. The molecule has 9 heteroatoms. The molecule has 0 aromatic heterocycles. The summed E-state index contributed by atoms with van der Waals surface area (Å²) in [6, 6.07) is 0. The van der Waals surface area contributed by atoms with Crippen molar-refractivity contribution >= 4 is 10.3 Å². The van der Waals surface area contributed by atoms with Gasteiger partial charge in [-0.1, -0.05) is 0 Å². The highest BCUT2D eigenvalue weighted by molar-refractivity contribution is 7.84. The highest BCUT2D eigenvalue weighted by Gasteiger charge is 2.46. The Morgan fingerprint density at radius 3 is 2.08 bits per heavy atom. The molecular formula is C4H9F3N2O3S. The average molecular weight is 222 g/mol. The zero-order chi connectivity index (χ0) is 10.9. The zero-order valence-electron chi connectivity index (χ0n) is 6.87. The fraction of sp³-hybridized carbons (Fsp3) is 1.00. The van der Waals surface area contributed by atoms with Gasteiger partial charge in [0, 0.05) is 0 Å². The molecule has 0 saturated heterocycles. The fourth-order valence-corrected chi connectivity index (χ4v) is 0.884. The van der Waals surface area contributed by atoms with Crippen LogP contribution in [0.1, 0.15) is 0 Å². The SMILES string of the molecule is CN(C)C(F)C(F)(F)OS(N)(=O)=O. The Kier molecular flexibility index (Phi) is 3.67. The number of rotatable bonds is 4. The fourth-order valence-electron chi connectivity index (χ4n) is 0.495. The van der Waals surface area contributed by atoms with Crippen molar-refractivity contribution in [2.45, 2.75) is 12.4 Å².